The molecule has 0 spiro atoms. The molecule has 0 aliphatic rings. The minimum atomic E-state index is 0.581. The van der Waals surface area contributed by atoms with Crippen molar-refractivity contribution in [3.8, 4) is 11.3 Å². The van der Waals surface area contributed by atoms with E-state index >= 15 is 0 Å². The fourth-order valence-corrected chi connectivity index (χ4v) is 2.41. The number of carbonyl (C=O) groups excluding carboxylic acids is 1. The van der Waals surface area contributed by atoms with Gasteiger partial charge in [-0.1, -0.05) is 64.6 Å². The summed E-state index contributed by atoms with van der Waals surface area (Å²) in [5.74, 6) is 0.581. The molecule has 1 amide bonds. The van der Waals surface area contributed by atoms with Crippen LogP contribution in [0.4, 0.5) is 11.6 Å². The molecule has 34 heavy (non-hydrogen) atoms. The lowest BCUT2D eigenvalue weighted by Gasteiger charge is -2.07. The Bertz CT molecular complexity index is 1010. The Labute approximate surface area is 204 Å². The van der Waals surface area contributed by atoms with Crippen molar-refractivity contribution in [1.82, 2.24) is 20.3 Å². The zero-order valence-electron chi connectivity index (χ0n) is 21.1. The van der Waals surface area contributed by atoms with Crippen LogP contribution in [0.2, 0.25) is 0 Å². The molecule has 1 aromatic carbocycles. The number of hydrogen-bond donors (Lipinski definition) is 2. The van der Waals surface area contributed by atoms with E-state index in [1.807, 2.05) is 65.0 Å². The Morgan fingerprint density at radius 2 is 1.79 bits per heavy atom. The maximum Gasteiger partial charge on any atom is 0.227 e. The van der Waals surface area contributed by atoms with E-state index in [1.165, 1.54) is 5.56 Å². The van der Waals surface area contributed by atoms with Crippen LogP contribution in [0.5, 0.6) is 0 Å². The number of aromatic nitrogens is 3. The molecule has 180 valence electrons. The highest BCUT2D eigenvalue weighted by atomic mass is 16.1. The zero-order chi connectivity index (χ0) is 25.6. The van der Waals surface area contributed by atoms with Crippen LogP contribution < -0.4 is 10.6 Å². The Hall–Kier alpha value is -4.06. The molecular formula is C28H37N5O. The Morgan fingerprint density at radius 3 is 2.38 bits per heavy atom. The molecule has 2 aromatic heterocycles. The molecule has 0 saturated carbocycles. The minimum absolute atomic E-state index is 0.581. The fourth-order valence-electron chi connectivity index (χ4n) is 2.41. The highest BCUT2D eigenvalue weighted by molar-refractivity contribution is 5.61. The van der Waals surface area contributed by atoms with Gasteiger partial charge in [0.25, 0.3) is 0 Å². The van der Waals surface area contributed by atoms with E-state index in [-0.39, 0.29) is 0 Å². The van der Waals surface area contributed by atoms with Gasteiger partial charge < -0.3 is 10.6 Å². The number of amides is 1. The standard InChI is InChI=1S/C16H14N4.C8H11NO.2C2H6/c1-12-4-2-6-14(10-12)19-16-18-9-7-15(20-16)13-5-3-8-17-11-13;1-3-5-6-8(4-2)9-7-10;2*1-2/h2-11H,1H3,(H,18,19,20);3-7H,1H2,2H3,(H,9,10);2*1-2H3/b;6-5-,8-4+;;. The first kappa shape index (κ1) is 29.9. The average Bonchev–Trinajstić information content (AvgIpc) is 2.90. The largest absolute Gasteiger partial charge is 0.329 e. The van der Waals surface area contributed by atoms with Crippen LogP contribution in [0.15, 0.2) is 97.6 Å². The lowest BCUT2D eigenvalue weighted by molar-refractivity contribution is -0.108. The monoisotopic (exact) mass is 459 g/mol. The number of anilines is 2. The van der Waals surface area contributed by atoms with E-state index < -0.39 is 0 Å². The van der Waals surface area contributed by atoms with E-state index in [9.17, 15) is 4.79 Å². The van der Waals surface area contributed by atoms with Gasteiger partial charge in [0.05, 0.1) is 5.69 Å². The molecule has 0 radical (unpaired) electrons. The SMILES string of the molecule is C=C/C=C\C(=C/C)NC=O.CC.CC.Cc1cccc(Nc2nccc(-c3cccnc3)n2)c1. The van der Waals surface area contributed by atoms with E-state index in [4.69, 9.17) is 0 Å². The van der Waals surface area contributed by atoms with Crippen LogP contribution in [0.1, 0.15) is 40.2 Å². The van der Waals surface area contributed by atoms with Crippen LogP contribution in [0, 0.1) is 6.92 Å². The van der Waals surface area contributed by atoms with Gasteiger partial charge in [-0.3, -0.25) is 9.78 Å². The van der Waals surface area contributed by atoms with Crippen molar-refractivity contribution in [2.45, 2.75) is 41.5 Å². The summed E-state index contributed by atoms with van der Waals surface area (Å²) < 4.78 is 0. The number of rotatable bonds is 7. The summed E-state index contributed by atoms with van der Waals surface area (Å²) in [4.78, 5) is 22.8. The number of nitrogens with zero attached hydrogens (tertiary/aromatic N) is 3. The molecule has 0 fully saturated rings. The third-order valence-electron chi connectivity index (χ3n) is 3.84. The molecule has 0 aliphatic carbocycles. The lowest BCUT2D eigenvalue weighted by Crippen LogP contribution is -2.07. The summed E-state index contributed by atoms with van der Waals surface area (Å²) in [7, 11) is 0. The van der Waals surface area contributed by atoms with Crippen molar-refractivity contribution >= 4 is 18.0 Å². The van der Waals surface area contributed by atoms with Gasteiger partial charge in [-0.25, -0.2) is 9.97 Å². The predicted molar refractivity (Wildman–Crippen MR) is 145 cm³/mol. The smallest absolute Gasteiger partial charge is 0.227 e. The molecule has 6 heteroatoms. The van der Waals surface area contributed by atoms with Crippen LogP contribution in [-0.2, 0) is 4.79 Å². The summed E-state index contributed by atoms with van der Waals surface area (Å²) in [6.07, 6.45) is 12.9. The van der Waals surface area contributed by atoms with Crippen LogP contribution >= 0.6 is 0 Å². The number of carbonyl (C=O) groups is 1. The molecule has 0 unspecified atom stereocenters. The second kappa shape index (κ2) is 19.6. The summed E-state index contributed by atoms with van der Waals surface area (Å²) in [5, 5.41) is 5.73. The van der Waals surface area contributed by atoms with Gasteiger partial charge in [0.15, 0.2) is 0 Å². The van der Waals surface area contributed by atoms with Crippen molar-refractivity contribution in [1.29, 1.82) is 0 Å². The first-order valence-electron chi connectivity index (χ1n) is 11.4. The highest BCUT2D eigenvalue weighted by Gasteiger charge is 2.02. The number of benzene rings is 1. The Balaban J connectivity index is 0.000000663. The second-order valence-corrected chi connectivity index (χ2v) is 6.10. The first-order chi connectivity index (χ1) is 16.7. The summed E-state index contributed by atoms with van der Waals surface area (Å²) in [6.45, 7) is 15.4. The number of hydrogen-bond acceptors (Lipinski definition) is 5. The van der Waals surface area contributed by atoms with Crippen molar-refractivity contribution in [2.75, 3.05) is 5.32 Å². The van der Waals surface area contributed by atoms with Gasteiger partial charge in [-0.2, -0.15) is 0 Å². The van der Waals surface area contributed by atoms with Crippen molar-refractivity contribution < 1.29 is 4.79 Å². The highest BCUT2D eigenvalue weighted by Crippen LogP contribution is 2.18. The van der Waals surface area contributed by atoms with Crippen LogP contribution in [0.3, 0.4) is 0 Å². The molecule has 0 bridgehead atoms. The average molecular weight is 460 g/mol. The van der Waals surface area contributed by atoms with Gasteiger partial charge in [-0.05, 0) is 55.8 Å². The normalized spacial score (nSPS) is 9.76. The third kappa shape index (κ3) is 12.1. The number of aryl methyl sites for hydroxylation is 1. The molecule has 2 N–H and O–H groups in total. The molecule has 0 atom stereocenters. The molecule has 0 saturated heterocycles. The van der Waals surface area contributed by atoms with Crippen molar-refractivity contribution in [2.24, 2.45) is 0 Å². The maximum atomic E-state index is 9.93. The topological polar surface area (TPSA) is 79.8 Å². The summed E-state index contributed by atoms with van der Waals surface area (Å²) in [6, 6.07) is 13.9. The number of allylic oxidation sites excluding steroid dienone is 4. The molecule has 3 rings (SSSR count). The van der Waals surface area contributed by atoms with Crippen molar-refractivity contribution in [3.05, 3.63) is 103 Å². The van der Waals surface area contributed by atoms with E-state index in [0.29, 0.717) is 12.4 Å². The van der Waals surface area contributed by atoms with E-state index in [1.54, 1.807) is 42.9 Å². The van der Waals surface area contributed by atoms with Crippen molar-refractivity contribution in [3.63, 3.8) is 0 Å². The first-order valence-corrected chi connectivity index (χ1v) is 11.4. The molecule has 2 heterocycles. The summed E-state index contributed by atoms with van der Waals surface area (Å²) in [5.41, 5.74) is 4.77. The Kier molecular flexibility index (Phi) is 17.3. The Morgan fingerprint density at radius 1 is 1.03 bits per heavy atom. The molecule has 0 aliphatic heterocycles. The fraction of sp³-hybridized carbons (Fsp3) is 0.214. The second-order valence-electron chi connectivity index (χ2n) is 6.10. The van der Waals surface area contributed by atoms with Gasteiger partial charge >= 0.3 is 0 Å². The summed E-state index contributed by atoms with van der Waals surface area (Å²) >= 11 is 0. The quantitative estimate of drug-likeness (QED) is 0.293. The van der Waals surface area contributed by atoms with Crippen LogP contribution in [-0.4, -0.2) is 21.4 Å². The van der Waals surface area contributed by atoms with Gasteiger partial charge in [0.1, 0.15) is 0 Å². The van der Waals surface area contributed by atoms with Gasteiger partial charge in [0, 0.05) is 35.5 Å². The van der Waals surface area contributed by atoms with Crippen LogP contribution in [0.25, 0.3) is 11.3 Å². The van der Waals surface area contributed by atoms with E-state index in [0.717, 1.165) is 22.6 Å². The molecular weight excluding hydrogens is 422 g/mol. The molecule has 3 aromatic rings. The molecule has 6 nitrogen and oxygen atoms in total. The number of nitrogens with one attached hydrogen (secondary N) is 2. The minimum Gasteiger partial charge on any atom is -0.329 e. The third-order valence-corrected chi connectivity index (χ3v) is 3.84. The lowest BCUT2D eigenvalue weighted by atomic mass is 10.2. The zero-order valence-corrected chi connectivity index (χ0v) is 21.1. The predicted octanol–water partition coefficient (Wildman–Crippen LogP) is 7.02. The van der Waals surface area contributed by atoms with E-state index in [2.05, 4.69) is 51.2 Å². The van der Waals surface area contributed by atoms with Gasteiger partial charge in [0.2, 0.25) is 12.4 Å². The number of pyridine rings is 1. The van der Waals surface area contributed by atoms with Gasteiger partial charge in [-0.15, -0.1) is 0 Å². The maximum absolute atomic E-state index is 9.93.